The summed E-state index contributed by atoms with van der Waals surface area (Å²) in [7, 11) is -3.51. The number of halogens is 1. The van der Waals surface area contributed by atoms with Gasteiger partial charge in [0, 0.05) is 11.0 Å². The maximum absolute atomic E-state index is 12.0. The summed E-state index contributed by atoms with van der Waals surface area (Å²) >= 11 is 3.27. The molecule has 7 heteroatoms. The molecule has 2 rings (SSSR count). The van der Waals surface area contributed by atoms with Crippen LogP contribution in [-0.2, 0) is 19.5 Å². The number of benzene rings is 1. The molecule has 1 aliphatic heterocycles. The van der Waals surface area contributed by atoms with Crippen LogP contribution >= 0.6 is 15.9 Å². The van der Waals surface area contributed by atoms with Gasteiger partial charge in [-0.3, -0.25) is 0 Å². The zero-order valence-electron chi connectivity index (χ0n) is 10.7. The fourth-order valence-electron chi connectivity index (χ4n) is 1.76. The molecule has 1 saturated heterocycles. The van der Waals surface area contributed by atoms with Crippen LogP contribution in [0, 0.1) is 0 Å². The zero-order chi connectivity index (χ0) is 14.1. The van der Waals surface area contributed by atoms with E-state index < -0.39 is 15.8 Å². The first kappa shape index (κ1) is 14.9. The average Bonchev–Trinajstić information content (AvgIpc) is 2.67. The van der Waals surface area contributed by atoms with Crippen molar-refractivity contribution in [2.75, 3.05) is 13.2 Å². The van der Waals surface area contributed by atoms with Gasteiger partial charge in [-0.2, -0.15) is 0 Å². The third-order valence-electron chi connectivity index (χ3n) is 2.69. The van der Waals surface area contributed by atoms with E-state index in [0.29, 0.717) is 6.61 Å². The molecule has 1 aromatic rings. The van der Waals surface area contributed by atoms with E-state index in [-0.39, 0.29) is 17.5 Å². The molecule has 0 radical (unpaired) electrons. The largest absolute Gasteiger partial charge is 0.348 e. The molecule has 1 fully saturated rings. The molecule has 0 aromatic heterocycles. The van der Waals surface area contributed by atoms with E-state index in [4.69, 9.17) is 9.47 Å². The fraction of sp³-hybridized carbons (Fsp3) is 0.500. The normalized spacial score (nSPS) is 22.6. The maximum Gasteiger partial charge on any atom is 0.240 e. The van der Waals surface area contributed by atoms with Crippen molar-refractivity contribution in [3.05, 3.63) is 28.7 Å². The van der Waals surface area contributed by atoms with Gasteiger partial charge in [0.1, 0.15) is 0 Å². The summed E-state index contributed by atoms with van der Waals surface area (Å²) in [6, 6.07) is 6.46. The summed E-state index contributed by atoms with van der Waals surface area (Å²) in [6.45, 7) is 4.18. The summed E-state index contributed by atoms with van der Waals surface area (Å²) in [6.07, 6.45) is -0.264. The van der Waals surface area contributed by atoms with Crippen molar-refractivity contribution in [2.45, 2.75) is 30.6 Å². The lowest BCUT2D eigenvalue weighted by Gasteiger charge is -2.17. The first-order valence-corrected chi connectivity index (χ1v) is 8.13. The van der Waals surface area contributed by atoms with Crippen LogP contribution < -0.4 is 4.72 Å². The zero-order valence-corrected chi connectivity index (χ0v) is 13.1. The average molecular weight is 350 g/mol. The number of ether oxygens (including phenoxy) is 2. The number of sulfonamides is 1. The van der Waals surface area contributed by atoms with Crippen LogP contribution in [0.5, 0.6) is 0 Å². The molecular formula is C12H16BrNO4S. The monoisotopic (exact) mass is 349 g/mol. The fourth-order valence-corrected chi connectivity index (χ4v) is 3.09. The van der Waals surface area contributed by atoms with E-state index in [2.05, 4.69) is 20.7 Å². The minimum Gasteiger partial charge on any atom is -0.348 e. The molecule has 1 unspecified atom stereocenters. The number of nitrogens with one attached hydrogen (secondary N) is 1. The molecule has 1 aliphatic rings. The van der Waals surface area contributed by atoms with E-state index in [1.807, 2.05) is 0 Å². The van der Waals surface area contributed by atoms with E-state index in [1.165, 1.54) is 0 Å². The Bertz CT molecular complexity index is 541. The molecule has 1 aromatic carbocycles. The molecule has 1 atom stereocenters. The van der Waals surface area contributed by atoms with E-state index in [0.717, 1.165) is 4.47 Å². The van der Waals surface area contributed by atoms with Gasteiger partial charge in [-0.05, 0) is 38.1 Å². The molecule has 0 spiro atoms. The molecule has 1 N–H and O–H groups in total. The van der Waals surface area contributed by atoms with Crippen LogP contribution in [0.4, 0.5) is 0 Å². The third-order valence-corrected chi connectivity index (χ3v) is 4.66. The van der Waals surface area contributed by atoms with Crippen LogP contribution in [0.3, 0.4) is 0 Å². The van der Waals surface area contributed by atoms with Gasteiger partial charge in [-0.15, -0.1) is 0 Å². The minimum absolute atomic E-state index is 0.196. The Kier molecular flexibility index (Phi) is 4.32. The van der Waals surface area contributed by atoms with Crippen LogP contribution in [0.15, 0.2) is 33.6 Å². The third kappa shape index (κ3) is 4.00. The molecule has 0 amide bonds. The Labute approximate surface area is 121 Å². The predicted octanol–water partition coefficient (Wildman–Crippen LogP) is 1.88. The molecule has 19 heavy (non-hydrogen) atoms. The second-order valence-corrected chi connectivity index (χ2v) is 7.44. The topological polar surface area (TPSA) is 64.6 Å². The van der Waals surface area contributed by atoms with Gasteiger partial charge in [0.15, 0.2) is 5.79 Å². The van der Waals surface area contributed by atoms with Gasteiger partial charge >= 0.3 is 0 Å². The van der Waals surface area contributed by atoms with Crippen LogP contribution in [0.1, 0.15) is 13.8 Å². The quantitative estimate of drug-likeness (QED) is 0.901. The van der Waals surface area contributed by atoms with Gasteiger partial charge < -0.3 is 9.47 Å². The predicted molar refractivity (Wildman–Crippen MR) is 74.2 cm³/mol. The van der Waals surface area contributed by atoms with E-state index >= 15 is 0 Å². The Morgan fingerprint density at radius 2 is 2.00 bits per heavy atom. The Morgan fingerprint density at radius 3 is 2.53 bits per heavy atom. The van der Waals surface area contributed by atoms with Crippen molar-refractivity contribution in [1.82, 2.24) is 4.72 Å². The van der Waals surface area contributed by atoms with Crippen molar-refractivity contribution in [3.8, 4) is 0 Å². The Balaban J connectivity index is 1.97. The number of rotatable bonds is 4. The van der Waals surface area contributed by atoms with Gasteiger partial charge in [0.25, 0.3) is 0 Å². The lowest BCUT2D eigenvalue weighted by molar-refractivity contribution is -0.137. The second-order valence-electron chi connectivity index (χ2n) is 4.76. The highest BCUT2D eigenvalue weighted by Gasteiger charge is 2.33. The summed E-state index contributed by atoms with van der Waals surface area (Å²) in [5.74, 6) is -0.645. The highest BCUT2D eigenvalue weighted by Crippen LogP contribution is 2.22. The van der Waals surface area contributed by atoms with E-state index in [1.54, 1.807) is 38.1 Å². The van der Waals surface area contributed by atoms with Gasteiger partial charge in [0.05, 0.1) is 17.6 Å². The minimum atomic E-state index is -3.51. The lowest BCUT2D eigenvalue weighted by atomic mass is 10.4. The number of hydrogen-bond acceptors (Lipinski definition) is 4. The van der Waals surface area contributed by atoms with Crippen LogP contribution in [0.25, 0.3) is 0 Å². The maximum atomic E-state index is 12.0. The summed E-state index contributed by atoms with van der Waals surface area (Å²) in [5, 5.41) is 0. The first-order valence-electron chi connectivity index (χ1n) is 5.85. The van der Waals surface area contributed by atoms with Gasteiger partial charge in [-0.1, -0.05) is 15.9 Å². The van der Waals surface area contributed by atoms with Crippen molar-refractivity contribution in [2.24, 2.45) is 0 Å². The highest BCUT2D eigenvalue weighted by molar-refractivity contribution is 9.10. The Hall–Kier alpha value is -0.470. The van der Waals surface area contributed by atoms with E-state index in [9.17, 15) is 8.42 Å². The molecule has 1 heterocycles. The molecule has 5 nitrogen and oxygen atoms in total. The molecule has 106 valence electrons. The molecule has 0 saturated carbocycles. The summed E-state index contributed by atoms with van der Waals surface area (Å²) in [5.41, 5.74) is 0. The standard InChI is InChI=1S/C12H16BrNO4S/c1-12(2)17-8-10(18-12)7-14-19(15,16)11-5-3-9(13)4-6-11/h3-6,10,14H,7-8H2,1-2H3. The molecule has 0 bridgehead atoms. The Morgan fingerprint density at radius 1 is 1.37 bits per heavy atom. The van der Waals surface area contributed by atoms with Crippen molar-refractivity contribution >= 4 is 26.0 Å². The van der Waals surface area contributed by atoms with Crippen LogP contribution in [-0.4, -0.2) is 33.5 Å². The number of hydrogen-bond donors (Lipinski definition) is 1. The van der Waals surface area contributed by atoms with Gasteiger partial charge in [-0.25, -0.2) is 13.1 Å². The van der Waals surface area contributed by atoms with Crippen molar-refractivity contribution in [1.29, 1.82) is 0 Å². The molecular weight excluding hydrogens is 334 g/mol. The first-order chi connectivity index (χ1) is 8.78. The SMILES string of the molecule is CC1(C)OCC(CNS(=O)(=O)c2ccc(Br)cc2)O1. The smallest absolute Gasteiger partial charge is 0.240 e. The second kappa shape index (κ2) is 5.49. The van der Waals surface area contributed by atoms with Crippen molar-refractivity contribution in [3.63, 3.8) is 0 Å². The van der Waals surface area contributed by atoms with Gasteiger partial charge in [0.2, 0.25) is 10.0 Å². The highest BCUT2D eigenvalue weighted by atomic mass is 79.9. The lowest BCUT2D eigenvalue weighted by Crippen LogP contribution is -2.34. The summed E-state index contributed by atoms with van der Waals surface area (Å²) in [4.78, 5) is 0.230. The summed E-state index contributed by atoms with van der Waals surface area (Å²) < 4.78 is 38.4. The van der Waals surface area contributed by atoms with Crippen LogP contribution in [0.2, 0.25) is 0 Å². The van der Waals surface area contributed by atoms with Crippen molar-refractivity contribution < 1.29 is 17.9 Å². The molecule has 0 aliphatic carbocycles.